The van der Waals surface area contributed by atoms with Crippen molar-refractivity contribution >= 4 is 16.8 Å². The Hall–Kier alpha value is -2.75. The van der Waals surface area contributed by atoms with Gasteiger partial charge in [0.15, 0.2) is 0 Å². The van der Waals surface area contributed by atoms with Gasteiger partial charge in [0.05, 0.1) is 7.11 Å². The Morgan fingerprint density at radius 2 is 1.74 bits per heavy atom. The van der Waals surface area contributed by atoms with Crippen molar-refractivity contribution in [3.8, 4) is 5.75 Å². The number of aromatic nitrogens is 1. The molecule has 0 aliphatic heterocycles. The predicted octanol–water partition coefficient (Wildman–Crippen LogP) is 5.99. The van der Waals surface area contributed by atoms with Crippen molar-refractivity contribution in [1.82, 2.24) is 9.88 Å². The van der Waals surface area contributed by atoms with Crippen LogP contribution in [0.25, 0.3) is 10.9 Å². The first-order valence-corrected chi connectivity index (χ1v) is 11.2. The summed E-state index contributed by atoms with van der Waals surface area (Å²) in [6.45, 7) is 12.4. The molecular weight excluding hydrogens is 384 g/mol. The van der Waals surface area contributed by atoms with Gasteiger partial charge in [0.2, 0.25) is 5.91 Å². The van der Waals surface area contributed by atoms with Crippen LogP contribution in [0.3, 0.4) is 0 Å². The van der Waals surface area contributed by atoms with Gasteiger partial charge in [-0.25, -0.2) is 0 Å². The van der Waals surface area contributed by atoms with E-state index in [0.29, 0.717) is 12.3 Å². The van der Waals surface area contributed by atoms with Crippen molar-refractivity contribution in [3.05, 3.63) is 65.9 Å². The van der Waals surface area contributed by atoms with Crippen LogP contribution in [-0.4, -0.2) is 24.1 Å². The van der Waals surface area contributed by atoms with Gasteiger partial charge in [-0.15, -0.1) is 0 Å². The number of para-hydroxylation sites is 1. The summed E-state index contributed by atoms with van der Waals surface area (Å²) in [5, 5.41) is 4.33. The van der Waals surface area contributed by atoms with Gasteiger partial charge in [-0.05, 0) is 46.6 Å². The lowest BCUT2D eigenvalue weighted by molar-refractivity contribution is -0.122. The molecule has 1 atom stereocenters. The smallest absolute Gasteiger partial charge is 0.220 e. The molecular formula is C27H36N2O2. The van der Waals surface area contributed by atoms with E-state index in [1.807, 2.05) is 12.1 Å². The average molecular weight is 421 g/mol. The second kappa shape index (κ2) is 9.59. The number of rotatable bonds is 8. The van der Waals surface area contributed by atoms with Gasteiger partial charge < -0.3 is 14.6 Å². The third kappa shape index (κ3) is 5.69. The van der Waals surface area contributed by atoms with Crippen molar-refractivity contribution in [3.63, 3.8) is 0 Å². The topological polar surface area (TPSA) is 43.3 Å². The van der Waals surface area contributed by atoms with Crippen molar-refractivity contribution in [2.24, 2.45) is 11.3 Å². The van der Waals surface area contributed by atoms with Crippen molar-refractivity contribution in [2.75, 3.05) is 13.7 Å². The summed E-state index contributed by atoms with van der Waals surface area (Å²) in [6, 6.07) is 16.7. The van der Waals surface area contributed by atoms with E-state index in [2.05, 4.69) is 87.1 Å². The van der Waals surface area contributed by atoms with Gasteiger partial charge in [-0.3, -0.25) is 4.79 Å². The number of ether oxygens (including phenoxy) is 1. The molecule has 166 valence electrons. The highest BCUT2D eigenvalue weighted by atomic mass is 16.5. The van der Waals surface area contributed by atoms with Gasteiger partial charge in [-0.1, -0.05) is 65.0 Å². The molecule has 4 heteroatoms. The van der Waals surface area contributed by atoms with Crippen LogP contribution in [0, 0.1) is 11.3 Å². The van der Waals surface area contributed by atoms with E-state index >= 15 is 0 Å². The summed E-state index contributed by atoms with van der Waals surface area (Å²) >= 11 is 0. The second-order valence-electron chi connectivity index (χ2n) is 9.90. The van der Waals surface area contributed by atoms with Gasteiger partial charge >= 0.3 is 0 Å². The minimum absolute atomic E-state index is 0.0375. The summed E-state index contributed by atoms with van der Waals surface area (Å²) in [5.74, 6) is 1.56. The summed E-state index contributed by atoms with van der Waals surface area (Å²) < 4.78 is 7.59. The zero-order chi connectivity index (χ0) is 22.6. The lowest BCUT2D eigenvalue weighted by Crippen LogP contribution is -2.31. The molecule has 0 aliphatic carbocycles. The fourth-order valence-corrected chi connectivity index (χ4v) is 4.07. The Morgan fingerprint density at radius 3 is 2.35 bits per heavy atom. The van der Waals surface area contributed by atoms with Crippen LogP contribution in [0.1, 0.15) is 58.1 Å². The predicted molar refractivity (Wildman–Crippen MR) is 129 cm³/mol. The second-order valence-corrected chi connectivity index (χ2v) is 9.90. The van der Waals surface area contributed by atoms with E-state index < -0.39 is 0 Å². The van der Waals surface area contributed by atoms with Crippen molar-refractivity contribution in [2.45, 2.75) is 53.5 Å². The molecule has 1 aromatic heterocycles. The fourth-order valence-electron chi connectivity index (χ4n) is 4.07. The van der Waals surface area contributed by atoms with Gasteiger partial charge in [-0.2, -0.15) is 0 Å². The first-order chi connectivity index (χ1) is 14.7. The quantitative estimate of drug-likeness (QED) is 0.486. The van der Waals surface area contributed by atoms with Crippen molar-refractivity contribution in [1.29, 1.82) is 0 Å². The summed E-state index contributed by atoms with van der Waals surface area (Å²) in [7, 11) is 1.69. The van der Waals surface area contributed by atoms with E-state index in [-0.39, 0.29) is 17.2 Å². The Kier molecular flexibility index (Phi) is 7.09. The maximum atomic E-state index is 12.7. The zero-order valence-electron chi connectivity index (χ0n) is 19.7. The number of methoxy groups -OCH3 is 1. The molecule has 0 saturated heterocycles. The number of nitrogens with zero attached hydrogens (tertiary/aromatic N) is 1. The maximum Gasteiger partial charge on any atom is 0.220 e. The van der Waals surface area contributed by atoms with E-state index in [1.54, 1.807) is 7.11 Å². The number of carbonyl (C=O) groups excluding carboxylic acids is 1. The van der Waals surface area contributed by atoms with Crippen LogP contribution in [0.5, 0.6) is 5.75 Å². The van der Waals surface area contributed by atoms with E-state index in [0.717, 1.165) is 18.8 Å². The minimum Gasteiger partial charge on any atom is -0.497 e. The fraction of sp³-hybridized carbons (Fsp3) is 0.444. The molecule has 0 spiro atoms. The molecule has 3 aromatic rings. The number of nitrogens with one attached hydrogen (secondary N) is 1. The number of hydrogen-bond acceptors (Lipinski definition) is 2. The third-order valence-corrected chi connectivity index (χ3v) is 5.85. The molecule has 0 radical (unpaired) electrons. The van der Waals surface area contributed by atoms with E-state index in [4.69, 9.17) is 4.74 Å². The molecule has 2 aromatic carbocycles. The van der Waals surface area contributed by atoms with Crippen LogP contribution in [0.15, 0.2) is 54.7 Å². The maximum absolute atomic E-state index is 12.7. The van der Waals surface area contributed by atoms with Crippen LogP contribution in [0.4, 0.5) is 0 Å². The average Bonchev–Trinajstić information content (AvgIpc) is 3.08. The monoisotopic (exact) mass is 420 g/mol. The molecule has 0 fully saturated rings. The molecule has 4 nitrogen and oxygen atoms in total. The summed E-state index contributed by atoms with van der Waals surface area (Å²) in [6.07, 6.45) is 2.74. The van der Waals surface area contributed by atoms with E-state index in [9.17, 15) is 4.79 Å². The lowest BCUT2D eigenvalue weighted by Gasteiger charge is -2.30. The molecule has 3 rings (SSSR count). The summed E-state index contributed by atoms with van der Waals surface area (Å²) in [5.41, 5.74) is 3.63. The number of carbonyl (C=O) groups is 1. The van der Waals surface area contributed by atoms with Crippen LogP contribution < -0.4 is 10.1 Å². The highest BCUT2D eigenvalue weighted by Crippen LogP contribution is 2.41. The Balaban J connectivity index is 1.96. The minimum atomic E-state index is -0.0375. The number of benzene rings is 2. The standard InChI is InChI=1S/C27H36N2O2/c1-19(2)16-28-26(30)15-24(27(3,4)5)23-18-29(25-10-8-7-9-22(23)25)17-20-11-13-21(31-6)14-12-20/h7-14,18-19,24H,15-17H2,1-6H3,(H,28,30)/t24-/m1/s1. The van der Waals surface area contributed by atoms with Crippen LogP contribution in [-0.2, 0) is 11.3 Å². The molecule has 0 saturated carbocycles. The molecule has 31 heavy (non-hydrogen) atoms. The Morgan fingerprint density at radius 1 is 1.06 bits per heavy atom. The van der Waals surface area contributed by atoms with Gasteiger partial charge in [0.1, 0.15) is 5.75 Å². The highest BCUT2D eigenvalue weighted by molar-refractivity contribution is 5.86. The number of fused-ring (bicyclic) bond motifs is 1. The number of amides is 1. The Labute approximate surface area is 186 Å². The Bertz CT molecular complexity index is 1010. The van der Waals surface area contributed by atoms with Gasteiger partial charge in [0.25, 0.3) is 0 Å². The first-order valence-electron chi connectivity index (χ1n) is 11.2. The lowest BCUT2D eigenvalue weighted by atomic mass is 9.74. The number of hydrogen-bond donors (Lipinski definition) is 1. The van der Waals surface area contributed by atoms with Crippen molar-refractivity contribution < 1.29 is 9.53 Å². The molecule has 0 aliphatic rings. The normalized spacial score (nSPS) is 12.9. The first kappa shape index (κ1) is 22.9. The van der Waals surface area contributed by atoms with Gasteiger partial charge in [0, 0.05) is 36.6 Å². The third-order valence-electron chi connectivity index (χ3n) is 5.85. The molecule has 0 bridgehead atoms. The molecule has 1 amide bonds. The van der Waals surface area contributed by atoms with E-state index in [1.165, 1.54) is 22.0 Å². The SMILES string of the molecule is COc1ccc(Cn2cc([C@@H](CC(=O)NCC(C)C)C(C)(C)C)c3ccccc32)cc1. The van der Waals surface area contributed by atoms with Crippen LogP contribution >= 0.6 is 0 Å². The molecule has 1 heterocycles. The molecule has 1 N–H and O–H groups in total. The van der Waals surface area contributed by atoms with Crippen LogP contribution in [0.2, 0.25) is 0 Å². The summed E-state index contributed by atoms with van der Waals surface area (Å²) in [4.78, 5) is 12.7. The largest absolute Gasteiger partial charge is 0.497 e. The molecule has 0 unspecified atom stereocenters. The highest BCUT2D eigenvalue weighted by Gasteiger charge is 2.31. The zero-order valence-corrected chi connectivity index (χ0v) is 19.7.